The van der Waals surface area contributed by atoms with Gasteiger partial charge in [0.2, 0.25) is 0 Å². The van der Waals surface area contributed by atoms with Crippen molar-refractivity contribution in [3.05, 3.63) is 29.3 Å². The molecule has 128 valence electrons. The van der Waals surface area contributed by atoms with Crippen molar-refractivity contribution in [1.82, 2.24) is 9.80 Å². The summed E-state index contributed by atoms with van der Waals surface area (Å²) >= 11 is 0. The van der Waals surface area contributed by atoms with Gasteiger partial charge in [-0.3, -0.25) is 4.79 Å². The van der Waals surface area contributed by atoms with Crippen LogP contribution in [0.3, 0.4) is 0 Å². The number of ether oxygens (including phenoxy) is 2. The van der Waals surface area contributed by atoms with Gasteiger partial charge in [0.25, 0.3) is 5.91 Å². The number of likely N-dealkylation sites (tertiary alicyclic amines) is 1. The molecule has 1 amide bonds. The van der Waals surface area contributed by atoms with Crippen LogP contribution in [0.15, 0.2) is 18.2 Å². The molecule has 1 aromatic rings. The molecule has 1 atom stereocenters. The van der Waals surface area contributed by atoms with E-state index in [1.54, 1.807) is 12.0 Å². The molecule has 1 saturated heterocycles. The van der Waals surface area contributed by atoms with E-state index in [1.165, 1.54) is 0 Å². The maximum absolute atomic E-state index is 12.8. The lowest BCUT2D eigenvalue weighted by Crippen LogP contribution is -2.36. The first-order valence-corrected chi connectivity index (χ1v) is 8.33. The average molecular weight is 329 g/mol. The minimum Gasteiger partial charge on any atom is -0.489 e. The molecular formula is C18H23N3O3. The Morgan fingerprint density at radius 1 is 1.33 bits per heavy atom. The van der Waals surface area contributed by atoms with E-state index in [0.717, 1.165) is 31.5 Å². The Balaban J connectivity index is 1.84. The molecule has 1 aromatic carbocycles. The Morgan fingerprint density at radius 2 is 2.08 bits per heavy atom. The summed E-state index contributed by atoms with van der Waals surface area (Å²) in [6.07, 6.45) is 2.02. The molecule has 0 aliphatic carbocycles. The summed E-state index contributed by atoms with van der Waals surface area (Å²) in [7, 11) is 3.69. The van der Waals surface area contributed by atoms with Crippen LogP contribution in [0.2, 0.25) is 0 Å². The van der Waals surface area contributed by atoms with Crippen LogP contribution in [0, 0.1) is 11.3 Å². The lowest BCUT2D eigenvalue weighted by atomic mass is 10.0. The lowest BCUT2D eigenvalue weighted by molar-refractivity contribution is 0.0683. The third-order valence-electron chi connectivity index (χ3n) is 4.76. The number of nitriles is 1. The zero-order valence-corrected chi connectivity index (χ0v) is 14.2. The quantitative estimate of drug-likeness (QED) is 0.824. The molecule has 0 bridgehead atoms. The van der Waals surface area contributed by atoms with Gasteiger partial charge in [-0.25, -0.2) is 0 Å². The molecule has 6 heteroatoms. The molecule has 0 spiro atoms. The van der Waals surface area contributed by atoms with E-state index >= 15 is 0 Å². The number of rotatable bonds is 5. The summed E-state index contributed by atoms with van der Waals surface area (Å²) in [6, 6.07) is 7.21. The molecule has 1 unspecified atom stereocenters. The highest BCUT2D eigenvalue weighted by Crippen LogP contribution is 2.38. The Hall–Kier alpha value is -2.10. The maximum atomic E-state index is 12.8. The van der Waals surface area contributed by atoms with Gasteiger partial charge in [-0.2, -0.15) is 5.26 Å². The lowest BCUT2D eigenvalue weighted by Gasteiger charge is -2.29. The van der Waals surface area contributed by atoms with Crippen molar-refractivity contribution in [2.75, 3.05) is 40.4 Å². The van der Waals surface area contributed by atoms with E-state index in [-0.39, 0.29) is 12.0 Å². The highest BCUT2D eigenvalue weighted by molar-refractivity contribution is 6.02. The van der Waals surface area contributed by atoms with Crippen LogP contribution >= 0.6 is 0 Å². The molecule has 0 saturated carbocycles. The average Bonchev–Trinajstić information content (AvgIpc) is 2.87. The number of nitrogens with zero attached hydrogens (tertiary/aromatic N) is 3. The molecule has 6 nitrogen and oxygen atoms in total. The van der Waals surface area contributed by atoms with Crippen LogP contribution in [0.1, 0.15) is 34.8 Å². The van der Waals surface area contributed by atoms with Crippen LogP contribution in [-0.4, -0.2) is 62.2 Å². The van der Waals surface area contributed by atoms with Crippen molar-refractivity contribution in [3.8, 4) is 11.8 Å². The van der Waals surface area contributed by atoms with Gasteiger partial charge < -0.3 is 19.3 Å². The minimum absolute atomic E-state index is 0.120. The molecule has 2 aliphatic heterocycles. The van der Waals surface area contributed by atoms with Gasteiger partial charge in [-0.1, -0.05) is 12.1 Å². The van der Waals surface area contributed by atoms with Crippen LogP contribution in [0.25, 0.3) is 0 Å². The molecule has 3 rings (SSSR count). The van der Waals surface area contributed by atoms with Gasteiger partial charge in [-0.05, 0) is 26.0 Å². The zero-order chi connectivity index (χ0) is 17.1. The minimum atomic E-state index is -0.566. The fraction of sp³-hybridized carbons (Fsp3) is 0.556. The van der Waals surface area contributed by atoms with Crippen LogP contribution < -0.4 is 4.74 Å². The summed E-state index contributed by atoms with van der Waals surface area (Å²) < 4.78 is 11.2. The van der Waals surface area contributed by atoms with Crippen molar-refractivity contribution in [2.24, 2.45) is 0 Å². The summed E-state index contributed by atoms with van der Waals surface area (Å²) in [4.78, 5) is 16.7. The van der Waals surface area contributed by atoms with Gasteiger partial charge in [0.1, 0.15) is 17.9 Å². The Labute approximate surface area is 142 Å². The molecule has 1 fully saturated rings. The fourth-order valence-electron chi connectivity index (χ4n) is 3.37. The first kappa shape index (κ1) is 16.7. The van der Waals surface area contributed by atoms with Gasteiger partial charge in [0.05, 0.1) is 18.2 Å². The highest BCUT2D eigenvalue weighted by atomic mass is 16.5. The Bertz CT molecular complexity index is 647. The molecule has 0 aromatic heterocycles. The van der Waals surface area contributed by atoms with Gasteiger partial charge in [-0.15, -0.1) is 0 Å². The number of benzene rings is 1. The number of hydrogen-bond donors (Lipinski definition) is 0. The molecular weight excluding hydrogens is 306 g/mol. The third kappa shape index (κ3) is 3.10. The SMILES string of the molecule is COCCN1C(=O)c2c(OC3CCN(C)CC3)cccc2C1C#N. The number of amides is 1. The van der Waals surface area contributed by atoms with Crippen molar-refractivity contribution in [3.63, 3.8) is 0 Å². The van der Waals surface area contributed by atoms with Crippen molar-refractivity contribution < 1.29 is 14.3 Å². The molecule has 0 N–H and O–H groups in total. The van der Waals surface area contributed by atoms with Crippen molar-refractivity contribution in [2.45, 2.75) is 25.0 Å². The number of carbonyl (C=O) groups is 1. The predicted molar refractivity (Wildman–Crippen MR) is 88.9 cm³/mol. The van der Waals surface area contributed by atoms with Gasteiger partial charge >= 0.3 is 0 Å². The topological polar surface area (TPSA) is 65.8 Å². The maximum Gasteiger partial charge on any atom is 0.259 e. The van der Waals surface area contributed by atoms with E-state index in [1.807, 2.05) is 18.2 Å². The normalized spacial score (nSPS) is 21.6. The third-order valence-corrected chi connectivity index (χ3v) is 4.76. The standard InChI is InChI=1S/C18H23N3O3/c1-20-8-6-13(7-9-20)24-16-5-3-4-14-15(12-19)21(10-11-23-2)18(22)17(14)16/h3-5,13,15H,6-11H2,1-2H3. The summed E-state index contributed by atoms with van der Waals surface area (Å²) in [5.74, 6) is 0.462. The largest absolute Gasteiger partial charge is 0.489 e. The van der Waals surface area contributed by atoms with Crippen LogP contribution in [-0.2, 0) is 4.74 Å². The first-order chi connectivity index (χ1) is 11.7. The second-order valence-corrected chi connectivity index (χ2v) is 6.36. The molecule has 2 aliphatic rings. The molecule has 0 radical (unpaired) electrons. The summed E-state index contributed by atoms with van der Waals surface area (Å²) in [5.41, 5.74) is 1.28. The smallest absolute Gasteiger partial charge is 0.259 e. The van der Waals surface area contributed by atoms with Crippen LogP contribution in [0.4, 0.5) is 0 Å². The summed E-state index contributed by atoms with van der Waals surface area (Å²) in [5, 5.41) is 9.51. The van der Waals surface area contributed by atoms with E-state index in [2.05, 4.69) is 18.0 Å². The molecule has 24 heavy (non-hydrogen) atoms. The van der Waals surface area contributed by atoms with Crippen molar-refractivity contribution in [1.29, 1.82) is 5.26 Å². The Morgan fingerprint density at radius 3 is 2.75 bits per heavy atom. The fourth-order valence-corrected chi connectivity index (χ4v) is 3.37. The second kappa shape index (κ2) is 7.20. The second-order valence-electron chi connectivity index (χ2n) is 6.36. The summed E-state index contributed by atoms with van der Waals surface area (Å²) in [6.45, 7) is 2.79. The van der Waals surface area contributed by atoms with Gasteiger partial charge in [0.15, 0.2) is 0 Å². The molecule has 2 heterocycles. The monoisotopic (exact) mass is 329 g/mol. The zero-order valence-electron chi connectivity index (χ0n) is 14.2. The van der Waals surface area contributed by atoms with Crippen molar-refractivity contribution >= 4 is 5.91 Å². The first-order valence-electron chi connectivity index (χ1n) is 8.33. The number of fused-ring (bicyclic) bond motifs is 1. The number of hydrogen-bond acceptors (Lipinski definition) is 5. The number of carbonyl (C=O) groups excluding carboxylic acids is 1. The predicted octanol–water partition coefficient (Wildman–Crippen LogP) is 1.83. The van der Waals surface area contributed by atoms with Crippen LogP contribution in [0.5, 0.6) is 5.75 Å². The Kier molecular flexibility index (Phi) is 5.03. The van der Waals surface area contributed by atoms with E-state index < -0.39 is 6.04 Å². The van der Waals surface area contributed by atoms with E-state index in [0.29, 0.717) is 24.5 Å². The number of piperidine rings is 1. The van der Waals surface area contributed by atoms with E-state index in [9.17, 15) is 10.1 Å². The van der Waals surface area contributed by atoms with Gasteiger partial charge in [0, 0.05) is 32.3 Å². The number of methoxy groups -OCH3 is 1. The highest BCUT2D eigenvalue weighted by Gasteiger charge is 2.39. The van der Waals surface area contributed by atoms with E-state index in [4.69, 9.17) is 9.47 Å².